The monoisotopic (exact) mass is 240 g/mol. The van der Waals surface area contributed by atoms with Crippen molar-refractivity contribution in [3.8, 4) is 5.75 Å². The van der Waals surface area contributed by atoms with Crippen LogP contribution in [0.25, 0.3) is 0 Å². The molecule has 2 rings (SSSR count). The molecule has 0 atom stereocenters. The van der Waals surface area contributed by atoms with Gasteiger partial charge in [-0.2, -0.15) is 0 Å². The van der Waals surface area contributed by atoms with Crippen molar-refractivity contribution in [2.75, 3.05) is 6.61 Å². The lowest BCUT2D eigenvalue weighted by molar-refractivity contribution is 0.129. The second-order valence-corrected chi connectivity index (χ2v) is 5.02. The van der Waals surface area contributed by atoms with Gasteiger partial charge in [0, 0.05) is 5.02 Å². The highest BCUT2D eigenvalue weighted by Crippen LogP contribution is 2.39. The smallest absolute Gasteiger partial charge is 0.122 e. The fraction of sp³-hybridized carbons (Fsp3) is 0.538. The second-order valence-electron chi connectivity index (χ2n) is 4.59. The zero-order valence-corrected chi connectivity index (χ0v) is 10.3. The summed E-state index contributed by atoms with van der Waals surface area (Å²) in [7, 11) is 0. The van der Waals surface area contributed by atoms with Gasteiger partial charge in [-0.05, 0) is 56.4 Å². The highest BCUT2D eigenvalue weighted by molar-refractivity contribution is 6.30. The van der Waals surface area contributed by atoms with E-state index in [1.165, 1.54) is 0 Å². The fourth-order valence-electron chi connectivity index (χ4n) is 1.75. The summed E-state index contributed by atoms with van der Waals surface area (Å²) in [4.78, 5) is 0. The van der Waals surface area contributed by atoms with Gasteiger partial charge in [-0.15, -0.1) is 0 Å². The van der Waals surface area contributed by atoms with Gasteiger partial charge in [-0.1, -0.05) is 11.6 Å². The first-order valence-electron chi connectivity index (χ1n) is 5.70. The molecule has 1 fully saturated rings. The van der Waals surface area contributed by atoms with Crippen LogP contribution in [0.15, 0.2) is 18.2 Å². The molecule has 16 heavy (non-hydrogen) atoms. The van der Waals surface area contributed by atoms with Gasteiger partial charge >= 0.3 is 0 Å². The highest BCUT2D eigenvalue weighted by Gasteiger charge is 2.39. The van der Waals surface area contributed by atoms with E-state index in [1.807, 2.05) is 25.1 Å². The van der Waals surface area contributed by atoms with Crippen LogP contribution in [0.3, 0.4) is 0 Å². The molecule has 1 aromatic rings. The molecule has 0 aromatic heterocycles. The topological polar surface area (TPSA) is 29.5 Å². The summed E-state index contributed by atoms with van der Waals surface area (Å²) < 4.78 is 5.65. The lowest BCUT2D eigenvalue weighted by Crippen LogP contribution is -2.09. The zero-order valence-electron chi connectivity index (χ0n) is 9.50. The van der Waals surface area contributed by atoms with Gasteiger partial charge in [-0.3, -0.25) is 0 Å². The number of hydrogen-bond donors (Lipinski definition) is 1. The molecule has 0 spiro atoms. The molecule has 0 heterocycles. The van der Waals surface area contributed by atoms with Crippen molar-refractivity contribution in [1.82, 2.24) is 0 Å². The lowest BCUT2D eigenvalue weighted by Gasteiger charge is -2.10. The molecule has 1 saturated carbocycles. The molecule has 0 aliphatic heterocycles. The molecule has 1 N–H and O–H groups in total. The van der Waals surface area contributed by atoms with Gasteiger partial charge in [0.25, 0.3) is 0 Å². The normalized spacial score (nSPS) is 17.2. The Hall–Kier alpha value is -0.730. The van der Waals surface area contributed by atoms with E-state index in [0.29, 0.717) is 6.61 Å². The van der Waals surface area contributed by atoms with Crippen LogP contribution in [0, 0.1) is 6.92 Å². The van der Waals surface area contributed by atoms with Crippen molar-refractivity contribution in [3.63, 3.8) is 0 Å². The first-order chi connectivity index (χ1) is 7.59. The molecule has 0 bridgehead atoms. The molecule has 1 aliphatic carbocycles. The third kappa shape index (κ3) is 3.13. The van der Waals surface area contributed by atoms with Gasteiger partial charge in [0.1, 0.15) is 5.75 Å². The largest absolute Gasteiger partial charge is 0.493 e. The Bertz CT molecular complexity index is 372. The summed E-state index contributed by atoms with van der Waals surface area (Å²) in [5, 5.41) is 10.4. The van der Waals surface area contributed by atoms with Crippen LogP contribution < -0.4 is 4.74 Å². The van der Waals surface area contributed by atoms with Gasteiger partial charge in [0.05, 0.1) is 12.2 Å². The molecule has 1 aliphatic rings. The third-order valence-corrected chi connectivity index (χ3v) is 3.24. The van der Waals surface area contributed by atoms with Crippen molar-refractivity contribution in [2.45, 2.75) is 38.2 Å². The molecular formula is C13H17ClO2. The Labute approximate surface area is 101 Å². The van der Waals surface area contributed by atoms with Crippen molar-refractivity contribution < 1.29 is 9.84 Å². The summed E-state index contributed by atoms with van der Waals surface area (Å²) in [6.07, 6.45) is 3.65. The van der Waals surface area contributed by atoms with E-state index >= 15 is 0 Å². The SMILES string of the molecule is Cc1cc(Cl)ccc1OCCCC1(O)CC1. The van der Waals surface area contributed by atoms with E-state index in [2.05, 4.69) is 0 Å². The Balaban J connectivity index is 1.76. The summed E-state index contributed by atoms with van der Waals surface area (Å²) in [5.41, 5.74) is 0.691. The molecule has 0 amide bonds. The minimum absolute atomic E-state index is 0.363. The molecular weight excluding hydrogens is 224 g/mol. The predicted molar refractivity (Wildman–Crippen MR) is 65.1 cm³/mol. The van der Waals surface area contributed by atoms with Crippen LogP contribution in [-0.4, -0.2) is 17.3 Å². The average molecular weight is 241 g/mol. The summed E-state index contributed by atoms with van der Waals surface area (Å²) in [6.45, 7) is 2.64. The fourth-order valence-corrected chi connectivity index (χ4v) is 1.98. The maximum atomic E-state index is 9.64. The zero-order chi connectivity index (χ0) is 11.6. The average Bonchev–Trinajstić information content (AvgIpc) is 2.94. The van der Waals surface area contributed by atoms with Crippen LogP contribution in [0.5, 0.6) is 5.75 Å². The maximum absolute atomic E-state index is 9.64. The minimum Gasteiger partial charge on any atom is -0.493 e. The van der Waals surface area contributed by atoms with Gasteiger partial charge in [-0.25, -0.2) is 0 Å². The number of ether oxygens (including phenoxy) is 1. The molecule has 0 unspecified atom stereocenters. The summed E-state index contributed by atoms with van der Waals surface area (Å²) >= 11 is 5.86. The van der Waals surface area contributed by atoms with Crippen LogP contribution >= 0.6 is 11.6 Å². The maximum Gasteiger partial charge on any atom is 0.122 e. The Kier molecular flexibility index (Phi) is 3.41. The quantitative estimate of drug-likeness (QED) is 0.800. The van der Waals surface area contributed by atoms with Crippen LogP contribution in [-0.2, 0) is 0 Å². The number of benzene rings is 1. The highest BCUT2D eigenvalue weighted by atomic mass is 35.5. The van der Waals surface area contributed by atoms with Gasteiger partial charge < -0.3 is 9.84 Å². The van der Waals surface area contributed by atoms with Crippen LogP contribution in [0.2, 0.25) is 5.02 Å². The molecule has 2 nitrogen and oxygen atoms in total. The minimum atomic E-state index is -0.363. The number of hydrogen-bond acceptors (Lipinski definition) is 2. The predicted octanol–water partition coefficient (Wildman–Crippen LogP) is 3.33. The number of halogens is 1. The third-order valence-electron chi connectivity index (χ3n) is 3.01. The Morgan fingerprint density at radius 3 is 2.81 bits per heavy atom. The van der Waals surface area contributed by atoms with E-state index in [0.717, 1.165) is 42.0 Å². The van der Waals surface area contributed by atoms with Crippen molar-refractivity contribution >= 4 is 11.6 Å². The molecule has 88 valence electrons. The first kappa shape index (κ1) is 11.7. The van der Waals surface area contributed by atoms with E-state index in [1.54, 1.807) is 0 Å². The van der Waals surface area contributed by atoms with Gasteiger partial charge in [0.2, 0.25) is 0 Å². The second kappa shape index (κ2) is 4.64. The van der Waals surface area contributed by atoms with E-state index in [9.17, 15) is 5.11 Å². The molecule has 3 heteroatoms. The van der Waals surface area contributed by atoms with Gasteiger partial charge in [0.15, 0.2) is 0 Å². The van der Waals surface area contributed by atoms with E-state index in [4.69, 9.17) is 16.3 Å². The van der Waals surface area contributed by atoms with Crippen molar-refractivity contribution in [1.29, 1.82) is 0 Å². The van der Waals surface area contributed by atoms with Crippen molar-refractivity contribution in [2.24, 2.45) is 0 Å². The Morgan fingerprint density at radius 2 is 2.19 bits per heavy atom. The molecule has 0 saturated heterocycles. The summed E-state index contributed by atoms with van der Waals surface area (Å²) in [6, 6.07) is 5.62. The number of aliphatic hydroxyl groups is 1. The number of aryl methyl sites for hydroxylation is 1. The Morgan fingerprint density at radius 1 is 1.44 bits per heavy atom. The first-order valence-corrected chi connectivity index (χ1v) is 6.08. The van der Waals surface area contributed by atoms with E-state index < -0.39 is 0 Å². The van der Waals surface area contributed by atoms with E-state index in [-0.39, 0.29) is 5.60 Å². The van der Waals surface area contributed by atoms with Crippen LogP contribution in [0.1, 0.15) is 31.2 Å². The molecule has 1 aromatic carbocycles. The summed E-state index contributed by atoms with van der Waals surface area (Å²) in [5.74, 6) is 0.882. The van der Waals surface area contributed by atoms with Crippen LogP contribution in [0.4, 0.5) is 0 Å². The molecule has 0 radical (unpaired) electrons. The lowest BCUT2D eigenvalue weighted by atomic mass is 10.2. The van der Waals surface area contributed by atoms with Crippen molar-refractivity contribution in [3.05, 3.63) is 28.8 Å². The number of rotatable bonds is 5. The standard InChI is InChI=1S/C13H17ClO2/c1-10-9-11(14)3-4-12(10)16-8-2-5-13(15)6-7-13/h3-4,9,15H,2,5-8H2,1H3.